The fourth-order valence-corrected chi connectivity index (χ4v) is 2.21. The van der Waals surface area contributed by atoms with Crippen LogP contribution in [0.1, 0.15) is 22.4 Å². The molecule has 1 heterocycles. The number of rotatable bonds is 1. The van der Waals surface area contributed by atoms with Crippen molar-refractivity contribution in [3.63, 3.8) is 0 Å². The number of hydrogen-bond acceptors (Lipinski definition) is 1. The van der Waals surface area contributed by atoms with Crippen LogP contribution in [0.5, 0.6) is 0 Å². The standard InChI is InChI=1S/C15H13N/c1-11-5-6-12-7-8-13(14(12)10-11)15-4-2-3-9-16-15/h2-6,8-10H,7H2,1H3. The molecular weight excluding hydrogens is 194 g/mol. The number of benzene rings is 1. The van der Waals surface area contributed by atoms with E-state index in [1.807, 2.05) is 18.3 Å². The van der Waals surface area contributed by atoms with E-state index in [4.69, 9.17) is 0 Å². The second kappa shape index (κ2) is 3.60. The van der Waals surface area contributed by atoms with Crippen molar-refractivity contribution >= 4 is 5.57 Å². The van der Waals surface area contributed by atoms with E-state index in [0.29, 0.717) is 0 Å². The van der Waals surface area contributed by atoms with E-state index in [1.54, 1.807) is 0 Å². The molecule has 0 unspecified atom stereocenters. The quantitative estimate of drug-likeness (QED) is 0.698. The van der Waals surface area contributed by atoms with Crippen LogP contribution in [-0.4, -0.2) is 4.98 Å². The van der Waals surface area contributed by atoms with Crippen LogP contribution in [0.4, 0.5) is 0 Å². The molecule has 0 atom stereocenters. The Morgan fingerprint density at radius 2 is 2.06 bits per heavy atom. The molecule has 0 aliphatic heterocycles. The van der Waals surface area contributed by atoms with Crippen molar-refractivity contribution in [3.8, 4) is 0 Å². The van der Waals surface area contributed by atoms with Gasteiger partial charge < -0.3 is 0 Å². The van der Waals surface area contributed by atoms with Gasteiger partial charge >= 0.3 is 0 Å². The summed E-state index contributed by atoms with van der Waals surface area (Å²) in [7, 11) is 0. The van der Waals surface area contributed by atoms with Gasteiger partial charge in [0.2, 0.25) is 0 Å². The lowest BCUT2D eigenvalue weighted by atomic mass is 10.0. The van der Waals surface area contributed by atoms with E-state index in [1.165, 1.54) is 22.3 Å². The van der Waals surface area contributed by atoms with Crippen molar-refractivity contribution in [1.29, 1.82) is 0 Å². The molecule has 0 fully saturated rings. The van der Waals surface area contributed by atoms with Gasteiger partial charge in [0.25, 0.3) is 0 Å². The Morgan fingerprint density at radius 1 is 1.12 bits per heavy atom. The number of hydrogen-bond donors (Lipinski definition) is 0. The van der Waals surface area contributed by atoms with E-state index in [9.17, 15) is 0 Å². The molecule has 16 heavy (non-hydrogen) atoms. The lowest BCUT2D eigenvalue weighted by molar-refractivity contribution is 1.27. The number of nitrogens with zero attached hydrogens (tertiary/aromatic N) is 1. The van der Waals surface area contributed by atoms with Crippen molar-refractivity contribution in [1.82, 2.24) is 4.98 Å². The maximum absolute atomic E-state index is 4.42. The normalized spacial score (nSPS) is 13.4. The van der Waals surface area contributed by atoms with Gasteiger partial charge in [0.15, 0.2) is 0 Å². The van der Waals surface area contributed by atoms with Crippen LogP contribution in [0.3, 0.4) is 0 Å². The van der Waals surface area contributed by atoms with Crippen molar-refractivity contribution in [2.75, 3.05) is 0 Å². The summed E-state index contributed by atoms with van der Waals surface area (Å²) in [5, 5.41) is 0. The molecule has 1 heteroatoms. The third kappa shape index (κ3) is 1.45. The molecule has 78 valence electrons. The molecule has 2 aromatic rings. The van der Waals surface area contributed by atoms with E-state index in [-0.39, 0.29) is 0 Å². The summed E-state index contributed by atoms with van der Waals surface area (Å²) in [6.45, 7) is 2.13. The van der Waals surface area contributed by atoms with Gasteiger partial charge in [-0.2, -0.15) is 0 Å². The highest BCUT2D eigenvalue weighted by molar-refractivity contribution is 5.83. The molecule has 0 bridgehead atoms. The summed E-state index contributed by atoms with van der Waals surface area (Å²) >= 11 is 0. The molecule has 0 saturated heterocycles. The van der Waals surface area contributed by atoms with E-state index >= 15 is 0 Å². The molecule has 0 N–H and O–H groups in total. The monoisotopic (exact) mass is 207 g/mol. The zero-order chi connectivity index (χ0) is 11.0. The topological polar surface area (TPSA) is 12.9 Å². The highest BCUT2D eigenvalue weighted by atomic mass is 14.7. The molecule has 0 saturated carbocycles. The van der Waals surface area contributed by atoms with Crippen LogP contribution >= 0.6 is 0 Å². The molecule has 3 rings (SSSR count). The van der Waals surface area contributed by atoms with Gasteiger partial charge in [-0.1, -0.05) is 35.9 Å². The van der Waals surface area contributed by atoms with Gasteiger partial charge in [-0.15, -0.1) is 0 Å². The molecule has 0 amide bonds. The van der Waals surface area contributed by atoms with Crippen LogP contribution in [0.2, 0.25) is 0 Å². The Balaban J connectivity index is 2.12. The largest absolute Gasteiger partial charge is 0.256 e. The number of fused-ring (bicyclic) bond motifs is 1. The van der Waals surface area contributed by atoms with Crippen molar-refractivity contribution in [2.24, 2.45) is 0 Å². The maximum Gasteiger partial charge on any atom is 0.0704 e. The Bertz CT molecular complexity index is 553. The minimum atomic E-state index is 1.03. The SMILES string of the molecule is Cc1ccc2c(c1)C(c1ccccn1)=CC2. The van der Waals surface area contributed by atoms with Crippen molar-refractivity contribution in [2.45, 2.75) is 13.3 Å². The molecular formula is C15H13N. The first-order chi connectivity index (χ1) is 7.84. The van der Waals surface area contributed by atoms with Gasteiger partial charge in [-0.05, 0) is 36.6 Å². The minimum absolute atomic E-state index is 1.03. The Kier molecular flexibility index (Phi) is 2.10. The maximum atomic E-state index is 4.42. The number of pyridine rings is 1. The van der Waals surface area contributed by atoms with Gasteiger partial charge in [-0.3, -0.25) is 4.98 Å². The first-order valence-electron chi connectivity index (χ1n) is 5.56. The average molecular weight is 207 g/mol. The first kappa shape index (κ1) is 9.34. The molecule has 1 aromatic carbocycles. The number of aryl methyl sites for hydroxylation is 1. The molecule has 1 aliphatic rings. The summed E-state index contributed by atoms with van der Waals surface area (Å²) < 4.78 is 0. The average Bonchev–Trinajstić information content (AvgIpc) is 2.73. The predicted octanol–water partition coefficient (Wildman–Crippen LogP) is 3.38. The summed E-state index contributed by atoms with van der Waals surface area (Å²) in [4.78, 5) is 4.42. The number of allylic oxidation sites excluding steroid dienone is 1. The lowest BCUT2D eigenvalue weighted by Gasteiger charge is -2.06. The molecule has 1 aromatic heterocycles. The van der Waals surface area contributed by atoms with Crippen LogP contribution in [0.25, 0.3) is 5.57 Å². The summed E-state index contributed by atoms with van der Waals surface area (Å²) in [6.07, 6.45) is 5.15. The highest BCUT2D eigenvalue weighted by Crippen LogP contribution is 2.32. The molecule has 0 radical (unpaired) electrons. The lowest BCUT2D eigenvalue weighted by Crippen LogP contribution is -1.90. The van der Waals surface area contributed by atoms with E-state index in [2.05, 4.69) is 42.2 Å². The smallest absolute Gasteiger partial charge is 0.0704 e. The fourth-order valence-electron chi connectivity index (χ4n) is 2.21. The minimum Gasteiger partial charge on any atom is -0.256 e. The third-order valence-corrected chi connectivity index (χ3v) is 3.02. The van der Waals surface area contributed by atoms with Gasteiger partial charge in [0.1, 0.15) is 0 Å². The summed E-state index contributed by atoms with van der Waals surface area (Å²) in [5.74, 6) is 0. The van der Waals surface area contributed by atoms with Crippen LogP contribution in [0, 0.1) is 6.92 Å². The van der Waals surface area contributed by atoms with Crippen molar-refractivity contribution in [3.05, 3.63) is 71.1 Å². The third-order valence-electron chi connectivity index (χ3n) is 3.02. The molecule has 0 spiro atoms. The Morgan fingerprint density at radius 3 is 2.88 bits per heavy atom. The van der Waals surface area contributed by atoms with Crippen molar-refractivity contribution < 1.29 is 0 Å². The zero-order valence-corrected chi connectivity index (χ0v) is 9.27. The van der Waals surface area contributed by atoms with E-state index < -0.39 is 0 Å². The van der Waals surface area contributed by atoms with Gasteiger partial charge in [-0.25, -0.2) is 0 Å². The summed E-state index contributed by atoms with van der Waals surface area (Å²) in [5.41, 5.74) is 6.42. The Hall–Kier alpha value is -1.89. The highest BCUT2D eigenvalue weighted by Gasteiger charge is 2.15. The van der Waals surface area contributed by atoms with Crippen LogP contribution < -0.4 is 0 Å². The summed E-state index contributed by atoms with van der Waals surface area (Å²) in [6, 6.07) is 12.7. The molecule has 1 aliphatic carbocycles. The fraction of sp³-hybridized carbons (Fsp3) is 0.133. The first-order valence-corrected chi connectivity index (χ1v) is 5.56. The van der Waals surface area contributed by atoms with E-state index in [0.717, 1.165) is 12.1 Å². The predicted molar refractivity (Wildman–Crippen MR) is 66.2 cm³/mol. The second-order valence-electron chi connectivity index (χ2n) is 4.20. The van der Waals surface area contributed by atoms with Crippen LogP contribution in [-0.2, 0) is 6.42 Å². The van der Waals surface area contributed by atoms with Gasteiger partial charge in [0.05, 0.1) is 5.69 Å². The zero-order valence-electron chi connectivity index (χ0n) is 9.27. The van der Waals surface area contributed by atoms with Gasteiger partial charge in [0, 0.05) is 11.8 Å². The Labute approximate surface area is 95.5 Å². The molecule has 1 nitrogen and oxygen atoms in total. The second-order valence-corrected chi connectivity index (χ2v) is 4.20. The van der Waals surface area contributed by atoms with Crippen LogP contribution in [0.15, 0.2) is 48.7 Å². The number of aromatic nitrogens is 1.